The van der Waals surface area contributed by atoms with Gasteiger partial charge in [-0.15, -0.1) is 0 Å². The van der Waals surface area contributed by atoms with E-state index in [4.69, 9.17) is 38.5 Å². The van der Waals surface area contributed by atoms with Crippen LogP contribution in [0.25, 0.3) is 0 Å². The number of fused-ring (bicyclic) bond motifs is 4. The van der Waals surface area contributed by atoms with E-state index < -0.39 is 46.7 Å². The lowest BCUT2D eigenvalue weighted by Gasteiger charge is -2.62. The molecule has 10 nitrogen and oxygen atoms in total. The first-order chi connectivity index (χ1) is 18.9. The molecule has 2 saturated carbocycles. The van der Waals surface area contributed by atoms with Gasteiger partial charge in [-0.2, -0.15) is 0 Å². The Bertz CT molecular complexity index is 1130. The lowest BCUT2D eigenvalue weighted by molar-refractivity contribution is -0.563. The Morgan fingerprint density at radius 3 is 1.93 bits per heavy atom. The predicted molar refractivity (Wildman–Crippen MR) is 134 cm³/mol. The van der Waals surface area contributed by atoms with E-state index in [1.165, 1.54) is 0 Å². The standard InChI is InChI=1S/C30H42O10/c1-15-6-8-20-17(22(31)33-24-29(20)18(15)10-12-27(4,35-24)37-39-29)14-26(3)21-9-7-16(2)19-11-13-28(5)36-25(34-23(26)32)30(19,21)40-38-28/h15-21,24-25H,6-14H2,1-5H3/t15-,16-,17+,18+,19+,20+,21+,24-,25-,26+,27-,28?,29-,30-/m1/s1. The third-order valence-electron chi connectivity index (χ3n) is 12.6. The summed E-state index contributed by atoms with van der Waals surface area (Å²) in [5.74, 6) is -2.66. The Labute approximate surface area is 234 Å². The molecule has 2 aliphatic carbocycles. The number of carbonyl (C=O) groups is 2. The van der Waals surface area contributed by atoms with E-state index >= 15 is 0 Å². The summed E-state index contributed by atoms with van der Waals surface area (Å²) in [7, 11) is 0. The van der Waals surface area contributed by atoms with Gasteiger partial charge in [-0.3, -0.25) is 9.59 Å². The fraction of sp³-hybridized carbons (Fsp3) is 0.933. The van der Waals surface area contributed by atoms with Crippen LogP contribution in [-0.4, -0.2) is 47.3 Å². The van der Waals surface area contributed by atoms with Gasteiger partial charge >= 0.3 is 11.9 Å². The molecule has 10 aliphatic rings. The lowest BCUT2D eigenvalue weighted by atomic mass is 9.50. The van der Waals surface area contributed by atoms with Crippen molar-refractivity contribution < 1.29 is 48.1 Å². The normalized spacial score (nSPS) is 60.1. The van der Waals surface area contributed by atoms with Crippen molar-refractivity contribution in [3.63, 3.8) is 0 Å². The van der Waals surface area contributed by atoms with Crippen LogP contribution in [0.5, 0.6) is 0 Å². The van der Waals surface area contributed by atoms with Crippen molar-refractivity contribution in [3.05, 3.63) is 0 Å². The molecule has 10 heteroatoms. The molecular weight excluding hydrogens is 520 g/mol. The molecule has 14 atom stereocenters. The summed E-state index contributed by atoms with van der Waals surface area (Å²) in [6.45, 7) is 10.1. The van der Waals surface area contributed by atoms with Gasteiger partial charge in [0.05, 0.1) is 11.3 Å². The Balaban J connectivity index is 1.18. The highest BCUT2D eigenvalue weighted by atomic mass is 17.3. The van der Waals surface area contributed by atoms with Crippen molar-refractivity contribution in [2.45, 2.75) is 128 Å². The second kappa shape index (κ2) is 8.20. The van der Waals surface area contributed by atoms with Crippen LogP contribution in [0.4, 0.5) is 0 Å². The summed E-state index contributed by atoms with van der Waals surface area (Å²) in [6, 6.07) is 0. The number of hydrogen-bond acceptors (Lipinski definition) is 10. The molecule has 4 bridgehead atoms. The van der Waals surface area contributed by atoms with E-state index in [-0.39, 0.29) is 42.0 Å². The van der Waals surface area contributed by atoms with E-state index in [9.17, 15) is 9.59 Å². The van der Waals surface area contributed by atoms with Gasteiger partial charge in [0.25, 0.3) is 0 Å². The molecule has 0 aromatic rings. The van der Waals surface area contributed by atoms with Gasteiger partial charge < -0.3 is 18.9 Å². The number of hydrogen-bond donors (Lipinski definition) is 0. The molecule has 8 saturated heterocycles. The van der Waals surface area contributed by atoms with Crippen molar-refractivity contribution in [2.75, 3.05) is 0 Å². The van der Waals surface area contributed by atoms with Crippen LogP contribution in [0, 0.1) is 46.8 Å². The maximum Gasteiger partial charge on any atom is 0.314 e. The van der Waals surface area contributed by atoms with Gasteiger partial charge in [0.2, 0.25) is 24.2 Å². The lowest BCUT2D eigenvalue weighted by Crippen LogP contribution is -2.73. The molecule has 8 heterocycles. The highest BCUT2D eigenvalue weighted by molar-refractivity contribution is 5.81. The molecule has 40 heavy (non-hydrogen) atoms. The summed E-state index contributed by atoms with van der Waals surface area (Å²) < 4.78 is 24.9. The minimum atomic E-state index is -1.01. The highest BCUT2D eigenvalue weighted by Gasteiger charge is 2.76. The van der Waals surface area contributed by atoms with Crippen LogP contribution in [-0.2, 0) is 48.1 Å². The first kappa shape index (κ1) is 26.3. The average molecular weight is 563 g/mol. The number of ether oxygens (including phenoxy) is 4. The fourth-order valence-corrected chi connectivity index (χ4v) is 10.4. The Kier molecular flexibility index (Phi) is 5.40. The van der Waals surface area contributed by atoms with Crippen LogP contribution in [0.15, 0.2) is 0 Å². The molecule has 0 amide bonds. The quantitative estimate of drug-likeness (QED) is 0.351. The molecule has 222 valence electrons. The third-order valence-corrected chi connectivity index (χ3v) is 12.6. The first-order valence-electron chi connectivity index (χ1n) is 15.4. The molecule has 0 aromatic heterocycles. The SMILES string of the molecule is C[C@@H]1CC[C@H]2[C@H](C[C@]3(C)C(=O)O[C@@H]4OC5(C)CC[C@H]6[C@H](C)CC[C@@H]3[C@@]46OO5)C(=O)O[C@@H]3O[C@@]4(C)CC[C@@H]1[C@]32OO4. The summed E-state index contributed by atoms with van der Waals surface area (Å²) >= 11 is 0. The van der Waals surface area contributed by atoms with E-state index in [2.05, 4.69) is 13.8 Å². The summed E-state index contributed by atoms with van der Waals surface area (Å²) in [4.78, 5) is 52.5. The fourth-order valence-electron chi connectivity index (χ4n) is 10.4. The summed E-state index contributed by atoms with van der Waals surface area (Å²) in [5.41, 5.74) is -2.83. The predicted octanol–water partition coefficient (Wildman–Crippen LogP) is 4.54. The maximum absolute atomic E-state index is 14.1. The van der Waals surface area contributed by atoms with Crippen LogP contribution in [0.3, 0.4) is 0 Å². The minimum absolute atomic E-state index is 0.109. The minimum Gasteiger partial charge on any atom is -0.432 e. The van der Waals surface area contributed by atoms with Crippen molar-refractivity contribution >= 4 is 11.9 Å². The monoisotopic (exact) mass is 562 g/mol. The van der Waals surface area contributed by atoms with Crippen LogP contribution < -0.4 is 0 Å². The van der Waals surface area contributed by atoms with Gasteiger partial charge in [0.1, 0.15) is 0 Å². The van der Waals surface area contributed by atoms with E-state index in [1.807, 2.05) is 20.8 Å². The van der Waals surface area contributed by atoms with Crippen molar-refractivity contribution in [2.24, 2.45) is 46.8 Å². The Hall–Kier alpha value is -1.30. The van der Waals surface area contributed by atoms with Crippen molar-refractivity contribution in [3.8, 4) is 0 Å². The van der Waals surface area contributed by atoms with Gasteiger partial charge in [0, 0.05) is 36.5 Å². The van der Waals surface area contributed by atoms with Crippen LogP contribution in [0.1, 0.15) is 92.4 Å². The number of carbonyl (C=O) groups excluding carboxylic acids is 2. The summed E-state index contributed by atoms with van der Waals surface area (Å²) in [5, 5.41) is 0. The Morgan fingerprint density at radius 2 is 1.25 bits per heavy atom. The van der Waals surface area contributed by atoms with E-state index in [0.29, 0.717) is 24.7 Å². The smallest absolute Gasteiger partial charge is 0.314 e. The first-order valence-corrected chi connectivity index (χ1v) is 15.4. The second-order valence-electron chi connectivity index (χ2n) is 14.8. The molecule has 1 unspecified atom stereocenters. The molecule has 10 rings (SSSR count). The molecule has 0 aromatic carbocycles. The third kappa shape index (κ3) is 3.16. The molecule has 2 spiro atoms. The van der Waals surface area contributed by atoms with E-state index in [0.717, 1.165) is 38.5 Å². The van der Waals surface area contributed by atoms with Gasteiger partial charge in [-0.25, -0.2) is 19.6 Å². The van der Waals surface area contributed by atoms with Gasteiger partial charge in [-0.1, -0.05) is 13.8 Å². The zero-order chi connectivity index (χ0) is 27.9. The molecule has 0 radical (unpaired) electrons. The number of rotatable bonds is 2. The van der Waals surface area contributed by atoms with Crippen molar-refractivity contribution in [1.82, 2.24) is 0 Å². The zero-order valence-corrected chi connectivity index (χ0v) is 24.1. The summed E-state index contributed by atoms with van der Waals surface area (Å²) in [6.07, 6.45) is 5.11. The Morgan fingerprint density at radius 1 is 0.675 bits per heavy atom. The van der Waals surface area contributed by atoms with E-state index in [1.54, 1.807) is 0 Å². The average Bonchev–Trinajstić information content (AvgIpc) is 3.27. The number of esters is 2. The second-order valence-corrected chi connectivity index (χ2v) is 14.8. The largest absolute Gasteiger partial charge is 0.432 e. The molecule has 8 aliphatic heterocycles. The van der Waals surface area contributed by atoms with Crippen molar-refractivity contribution in [1.29, 1.82) is 0 Å². The topological polar surface area (TPSA) is 108 Å². The molecule has 0 N–H and O–H groups in total. The molecule has 10 fully saturated rings. The maximum atomic E-state index is 14.1. The van der Waals surface area contributed by atoms with Crippen LogP contribution in [0.2, 0.25) is 0 Å². The van der Waals surface area contributed by atoms with Gasteiger partial charge in [-0.05, 0) is 77.6 Å². The van der Waals surface area contributed by atoms with Gasteiger partial charge in [0.15, 0.2) is 11.2 Å². The van der Waals surface area contributed by atoms with Crippen LogP contribution >= 0.6 is 0 Å². The molecular formula is C30H42O10. The highest BCUT2D eigenvalue weighted by Crippen LogP contribution is 2.66. The zero-order valence-electron chi connectivity index (χ0n) is 24.1.